The van der Waals surface area contributed by atoms with Crippen molar-refractivity contribution in [3.63, 3.8) is 0 Å². The Morgan fingerprint density at radius 2 is 1.84 bits per heavy atom. The van der Waals surface area contributed by atoms with Gasteiger partial charge >= 0.3 is 5.97 Å². The van der Waals surface area contributed by atoms with Crippen LogP contribution in [0.5, 0.6) is 5.75 Å². The summed E-state index contributed by atoms with van der Waals surface area (Å²) in [5.41, 5.74) is 2.63. The number of amides is 1. The van der Waals surface area contributed by atoms with Gasteiger partial charge in [-0.2, -0.15) is 0 Å². The van der Waals surface area contributed by atoms with Crippen molar-refractivity contribution >= 4 is 17.6 Å². The molecule has 2 unspecified atom stereocenters. The van der Waals surface area contributed by atoms with Crippen LogP contribution in [-0.2, 0) is 16.2 Å². The van der Waals surface area contributed by atoms with Crippen LogP contribution in [-0.4, -0.2) is 17.0 Å². The third-order valence-corrected chi connectivity index (χ3v) is 4.56. The SMILES string of the molecule is Cc1ccc(NC(=O)C2CCC2C(=O)O)c(OCc2ccccc2)c1. The van der Waals surface area contributed by atoms with Crippen molar-refractivity contribution in [2.24, 2.45) is 11.8 Å². The van der Waals surface area contributed by atoms with Crippen LogP contribution in [0.1, 0.15) is 24.0 Å². The van der Waals surface area contributed by atoms with Gasteiger partial charge in [-0.25, -0.2) is 0 Å². The first-order valence-corrected chi connectivity index (χ1v) is 8.35. The average molecular weight is 339 g/mol. The molecule has 1 fully saturated rings. The minimum atomic E-state index is -0.907. The van der Waals surface area contributed by atoms with Crippen molar-refractivity contribution < 1.29 is 19.4 Å². The molecule has 2 aromatic carbocycles. The first-order valence-electron chi connectivity index (χ1n) is 8.35. The number of benzene rings is 2. The van der Waals surface area contributed by atoms with Gasteiger partial charge in [0, 0.05) is 0 Å². The highest BCUT2D eigenvalue weighted by Gasteiger charge is 2.41. The predicted molar refractivity (Wildman–Crippen MR) is 94.4 cm³/mol. The number of carboxylic acids is 1. The fourth-order valence-electron chi connectivity index (χ4n) is 2.92. The van der Waals surface area contributed by atoms with Gasteiger partial charge in [0.2, 0.25) is 5.91 Å². The molecule has 3 rings (SSSR count). The Hall–Kier alpha value is -2.82. The van der Waals surface area contributed by atoms with E-state index in [4.69, 9.17) is 9.84 Å². The molecule has 2 aromatic rings. The van der Waals surface area contributed by atoms with E-state index in [0.29, 0.717) is 30.9 Å². The summed E-state index contributed by atoms with van der Waals surface area (Å²) in [6.07, 6.45) is 1.16. The number of aryl methyl sites for hydroxylation is 1. The summed E-state index contributed by atoms with van der Waals surface area (Å²) in [7, 11) is 0. The summed E-state index contributed by atoms with van der Waals surface area (Å²) in [6, 6.07) is 15.3. The molecule has 0 heterocycles. The number of rotatable bonds is 6. The number of carboxylic acid groups (broad SMARTS) is 1. The van der Waals surface area contributed by atoms with Gasteiger partial charge in [0.05, 0.1) is 17.5 Å². The van der Waals surface area contributed by atoms with E-state index < -0.39 is 17.8 Å². The Bertz CT molecular complexity index is 773. The number of nitrogens with one attached hydrogen (secondary N) is 1. The van der Waals surface area contributed by atoms with Crippen LogP contribution in [0.3, 0.4) is 0 Å². The molecule has 1 aliphatic rings. The fourth-order valence-corrected chi connectivity index (χ4v) is 2.92. The summed E-state index contributed by atoms with van der Waals surface area (Å²) in [4.78, 5) is 23.5. The zero-order valence-corrected chi connectivity index (χ0v) is 14.1. The lowest BCUT2D eigenvalue weighted by atomic mass is 9.73. The molecule has 25 heavy (non-hydrogen) atoms. The summed E-state index contributed by atoms with van der Waals surface area (Å²) in [5, 5.41) is 11.9. The maximum Gasteiger partial charge on any atom is 0.307 e. The van der Waals surface area contributed by atoms with Gasteiger partial charge in [0.25, 0.3) is 0 Å². The number of carbonyl (C=O) groups is 2. The van der Waals surface area contributed by atoms with Gasteiger partial charge in [-0.05, 0) is 43.0 Å². The minimum Gasteiger partial charge on any atom is -0.487 e. The van der Waals surface area contributed by atoms with E-state index in [9.17, 15) is 9.59 Å². The summed E-state index contributed by atoms with van der Waals surface area (Å²) in [6.45, 7) is 2.35. The maximum absolute atomic E-state index is 12.4. The molecule has 0 bridgehead atoms. The maximum atomic E-state index is 12.4. The van der Waals surface area contributed by atoms with Crippen molar-refractivity contribution in [3.8, 4) is 5.75 Å². The van der Waals surface area contributed by atoms with Crippen molar-refractivity contribution in [3.05, 3.63) is 59.7 Å². The van der Waals surface area contributed by atoms with E-state index in [0.717, 1.165) is 11.1 Å². The van der Waals surface area contributed by atoms with E-state index >= 15 is 0 Å². The molecular weight excluding hydrogens is 318 g/mol. The lowest BCUT2D eigenvalue weighted by Gasteiger charge is -2.32. The number of hydrogen-bond donors (Lipinski definition) is 2. The Morgan fingerprint density at radius 1 is 1.12 bits per heavy atom. The van der Waals surface area contributed by atoms with Crippen LogP contribution in [0.25, 0.3) is 0 Å². The number of carbonyl (C=O) groups excluding carboxylic acids is 1. The Morgan fingerprint density at radius 3 is 2.48 bits per heavy atom. The largest absolute Gasteiger partial charge is 0.487 e. The van der Waals surface area contributed by atoms with E-state index in [1.54, 1.807) is 6.07 Å². The molecule has 0 spiro atoms. The summed E-state index contributed by atoms with van der Waals surface area (Å²) in [5.74, 6) is -1.63. The van der Waals surface area contributed by atoms with Crippen LogP contribution in [0, 0.1) is 18.8 Å². The molecule has 5 nitrogen and oxygen atoms in total. The number of ether oxygens (including phenoxy) is 1. The standard InChI is InChI=1S/C20H21NO4/c1-13-7-10-17(21-19(22)15-8-9-16(15)20(23)24)18(11-13)25-12-14-5-3-2-4-6-14/h2-7,10-11,15-16H,8-9,12H2,1H3,(H,21,22)(H,23,24). The van der Waals surface area contributed by atoms with Gasteiger partial charge in [-0.3, -0.25) is 9.59 Å². The normalized spacial score (nSPS) is 18.9. The van der Waals surface area contributed by atoms with E-state index in [-0.39, 0.29) is 5.91 Å². The number of aliphatic carboxylic acids is 1. The van der Waals surface area contributed by atoms with E-state index in [2.05, 4.69) is 5.32 Å². The Labute approximate surface area is 146 Å². The molecule has 1 aliphatic carbocycles. The van der Waals surface area contributed by atoms with Gasteiger partial charge in [0.15, 0.2) is 0 Å². The van der Waals surface area contributed by atoms with Crippen molar-refractivity contribution in [1.29, 1.82) is 0 Å². The molecule has 1 saturated carbocycles. The predicted octanol–water partition coefficient (Wildman–Crippen LogP) is 3.62. The molecule has 0 aromatic heterocycles. The molecule has 5 heteroatoms. The third kappa shape index (κ3) is 3.99. The monoisotopic (exact) mass is 339 g/mol. The lowest BCUT2D eigenvalue weighted by molar-refractivity contribution is -0.151. The number of hydrogen-bond acceptors (Lipinski definition) is 3. The lowest BCUT2D eigenvalue weighted by Crippen LogP contribution is -2.41. The quantitative estimate of drug-likeness (QED) is 0.843. The molecule has 2 N–H and O–H groups in total. The molecular formula is C20H21NO4. The molecule has 0 aliphatic heterocycles. The fraction of sp³-hybridized carbons (Fsp3) is 0.300. The number of anilines is 1. The van der Waals surface area contributed by atoms with Gasteiger partial charge < -0.3 is 15.2 Å². The average Bonchev–Trinajstić information content (AvgIpc) is 2.54. The van der Waals surface area contributed by atoms with Crippen LogP contribution >= 0.6 is 0 Å². The molecule has 0 saturated heterocycles. The highest BCUT2D eigenvalue weighted by molar-refractivity contribution is 5.97. The van der Waals surface area contributed by atoms with Crippen LogP contribution in [0.4, 0.5) is 5.69 Å². The van der Waals surface area contributed by atoms with E-state index in [1.807, 2.05) is 49.4 Å². The van der Waals surface area contributed by atoms with E-state index in [1.165, 1.54) is 0 Å². The summed E-state index contributed by atoms with van der Waals surface area (Å²) < 4.78 is 5.88. The third-order valence-electron chi connectivity index (χ3n) is 4.56. The van der Waals surface area contributed by atoms with Gasteiger partial charge in [-0.1, -0.05) is 36.4 Å². The second-order valence-electron chi connectivity index (χ2n) is 6.39. The molecule has 2 atom stereocenters. The first-order chi connectivity index (χ1) is 12.0. The van der Waals surface area contributed by atoms with Crippen LogP contribution < -0.4 is 10.1 Å². The molecule has 130 valence electrons. The highest BCUT2D eigenvalue weighted by atomic mass is 16.5. The van der Waals surface area contributed by atoms with Crippen molar-refractivity contribution in [1.82, 2.24) is 0 Å². The Kier molecular flexibility index (Phi) is 5.03. The molecule has 1 amide bonds. The smallest absolute Gasteiger partial charge is 0.307 e. The topological polar surface area (TPSA) is 75.6 Å². The van der Waals surface area contributed by atoms with Crippen LogP contribution in [0.2, 0.25) is 0 Å². The Balaban J connectivity index is 1.70. The zero-order valence-electron chi connectivity index (χ0n) is 14.1. The highest BCUT2D eigenvalue weighted by Crippen LogP contribution is 2.36. The van der Waals surface area contributed by atoms with Gasteiger partial charge in [0.1, 0.15) is 12.4 Å². The second-order valence-corrected chi connectivity index (χ2v) is 6.39. The molecule has 0 radical (unpaired) electrons. The minimum absolute atomic E-state index is 0.257. The van der Waals surface area contributed by atoms with Crippen LogP contribution in [0.15, 0.2) is 48.5 Å². The first kappa shape index (κ1) is 17.0. The van der Waals surface area contributed by atoms with Crippen molar-refractivity contribution in [2.75, 3.05) is 5.32 Å². The second kappa shape index (κ2) is 7.38. The van der Waals surface area contributed by atoms with Crippen molar-refractivity contribution in [2.45, 2.75) is 26.4 Å². The van der Waals surface area contributed by atoms with Gasteiger partial charge in [-0.15, -0.1) is 0 Å². The zero-order chi connectivity index (χ0) is 17.8. The summed E-state index contributed by atoms with van der Waals surface area (Å²) >= 11 is 0.